The molecule has 3 heteroatoms. The van der Waals surface area contributed by atoms with Gasteiger partial charge in [-0.3, -0.25) is 4.90 Å². The summed E-state index contributed by atoms with van der Waals surface area (Å²) < 4.78 is 1.20. The first-order valence-electron chi connectivity index (χ1n) is 6.33. The van der Waals surface area contributed by atoms with Gasteiger partial charge in [0.1, 0.15) is 0 Å². The molecule has 1 N–H and O–H groups in total. The van der Waals surface area contributed by atoms with E-state index in [9.17, 15) is 0 Å². The fourth-order valence-corrected chi connectivity index (χ4v) is 2.73. The average molecular weight is 297 g/mol. The lowest BCUT2D eigenvalue weighted by Crippen LogP contribution is -2.31. The van der Waals surface area contributed by atoms with Crippen LogP contribution in [0, 0.1) is 6.92 Å². The summed E-state index contributed by atoms with van der Waals surface area (Å²) in [5.74, 6) is 0. The van der Waals surface area contributed by atoms with Crippen LogP contribution in [-0.2, 0) is 0 Å². The summed E-state index contributed by atoms with van der Waals surface area (Å²) in [6.07, 6.45) is 1.23. The second-order valence-electron chi connectivity index (χ2n) is 5.16. The molecule has 2 nitrogen and oxygen atoms in total. The molecule has 0 spiro atoms. The predicted octanol–water partition coefficient (Wildman–Crippen LogP) is 3.65. The SMILES string of the molecule is Cc1cccc(NC2CCN(C(C)C)C2)c1Br. The lowest BCUT2D eigenvalue weighted by molar-refractivity contribution is 0.274. The van der Waals surface area contributed by atoms with Gasteiger partial charge in [-0.15, -0.1) is 0 Å². The molecule has 1 fully saturated rings. The van der Waals surface area contributed by atoms with Crippen LogP contribution in [0.1, 0.15) is 25.8 Å². The molecule has 1 aliphatic rings. The number of hydrogen-bond acceptors (Lipinski definition) is 2. The lowest BCUT2D eigenvalue weighted by Gasteiger charge is -2.21. The molecule has 0 saturated carbocycles. The van der Waals surface area contributed by atoms with Crippen LogP contribution in [0.15, 0.2) is 22.7 Å². The van der Waals surface area contributed by atoms with Crippen molar-refractivity contribution in [1.82, 2.24) is 4.90 Å². The third-order valence-electron chi connectivity index (χ3n) is 3.50. The second kappa shape index (κ2) is 5.40. The molecule has 17 heavy (non-hydrogen) atoms. The Hall–Kier alpha value is -0.540. The number of rotatable bonds is 3. The van der Waals surface area contributed by atoms with Gasteiger partial charge in [-0.05, 0) is 54.8 Å². The van der Waals surface area contributed by atoms with E-state index in [1.54, 1.807) is 0 Å². The first-order chi connectivity index (χ1) is 8.08. The van der Waals surface area contributed by atoms with Gasteiger partial charge in [0.2, 0.25) is 0 Å². The van der Waals surface area contributed by atoms with E-state index in [0.717, 1.165) is 6.54 Å². The maximum Gasteiger partial charge on any atom is 0.0489 e. The molecule has 0 aliphatic carbocycles. The van der Waals surface area contributed by atoms with Crippen molar-refractivity contribution in [2.45, 2.75) is 39.3 Å². The van der Waals surface area contributed by atoms with Crippen molar-refractivity contribution < 1.29 is 0 Å². The Morgan fingerprint density at radius 1 is 1.41 bits per heavy atom. The number of aryl methyl sites for hydroxylation is 1. The highest BCUT2D eigenvalue weighted by molar-refractivity contribution is 9.10. The number of hydrogen-bond donors (Lipinski definition) is 1. The largest absolute Gasteiger partial charge is 0.380 e. The Labute approximate surface area is 113 Å². The van der Waals surface area contributed by atoms with E-state index >= 15 is 0 Å². The Morgan fingerprint density at radius 2 is 2.18 bits per heavy atom. The maximum atomic E-state index is 3.66. The van der Waals surface area contributed by atoms with Gasteiger partial charge in [0, 0.05) is 35.3 Å². The molecule has 1 heterocycles. The monoisotopic (exact) mass is 296 g/mol. The molecule has 0 aromatic heterocycles. The third-order valence-corrected chi connectivity index (χ3v) is 4.55. The first-order valence-corrected chi connectivity index (χ1v) is 7.13. The van der Waals surface area contributed by atoms with Crippen LogP contribution < -0.4 is 5.32 Å². The normalized spacial score (nSPS) is 21.1. The van der Waals surface area contributed by atoms with Crippen molar-refractivity contribution in [3.8, 4) is 0 Å². The molecule has 1 aromatic carbocycles. The zero-order valence-electron chi connectivity index (χ0n) is 10.8. The fourth-order valence-electron chi connectivity index (χ4n) is 2.35. The summed E-state index contributed by atoms with van der Waals surface area (Å²) in [5.41, 5.74) is 2.51. The van der Waals surface area contributed by atoms with E-state index in [0.29, 0.717) is 12.1 Å². The van der Waals surface area contributed by atoms with Crippen LogP contribution in [-0.4, -0.2) is 30.1 Å². The number of anilines is 1. The smallest absolute Gasteiger partial charge is 0.0489 e. The highest BCUT2D eigenvalue weighted by Gasteiger charge is 2.24. The summed E-state index contributed by atoms with van der Waals surface area (Å²) in [6, 6.07) is 7.62. The van der Waals surface area contributed by atoms with Gasteiger partial charge in [-0.1, -0.05) is 12.1 Å². The third kappa shape index (κ3) is 3.02. The molecular formula is C14H21BrN2. The number of nitrogens with one attached hydrogen (secondary N) is 1. The summed E-state index contributed by atoms with van der Waals surface area (Å²) in [4.78, 5) is 2.53. The van der Waals surface area contributed by atoms with Gasteiger partial charge in [0.25, 0.3) is 0 Å². The summed E-state index contributed by atoms with van der Waals surface area (Å²) in [5, 5.41) is 3.65. The van der Waals surface area contributed by atoms with Crippen LogP contribution in [0.4, 0.5) is 5.69 Å². The summed E-state index contributed by atoms with van der Waals surface area (Å²) >= 11 is 3.66. The van der Waals surface area contributed by atoms with Crippen molar-refractivity contribution in [2.24, 2.45) is 0 Å². The van der Waals surface area contributed by atoms with Crippen LogP contribution in [0.2, 0.25) is 0 Å². The Balaban J connectivity index is 2.00. The first kappa shape index (κ1) is 12.9. The van der Waals surface area contributed by atoms with Crippen LogP contribution in [0.25, 0.3) is 0 Å². The minimum absolute atomic E-state index is 0.579. The maximum absolute atomic E-state index is 3.66. The molecule has 1 aliphatic heterocycles. The molecule has 0 bridgehead atoms. The Morgan fingerprint density at radius 3 is 2.82 bits per heavy atom. The lowest BCUT2D eigenvalue weighted by atomic mass is 10.2. The van der Waals surface area contributed by atoms with Gasteiger partial charge in [-0.25, -0.2) is 0 Å². The van der Waals surface area contributed by atoms with Gasteiger partial charge in [0.05, 0.1) is 0 Å². The quantitative estimate of drug-likeness (QED) is 0.916. The van der Waals surface area contributed by atoms with Crippen molar-refractivity contribution in [3.05, 3.63) is 28.2 Å². The van der Waals surface area contributed by atoms with Crippen molar-refractivity contribution >= 4 is 21.6 Å². The zero-order chi connectivity index (χ0) is 12.4. The molecular weight excluding hydrogens is 276 g/mol. The van der Waals surface area contributed by atoms with E-state index in [-0.39, 0.29) is 0 Å². The zero-order valence-corrected chi connectivity index (χ0v) is 12.4. The Kier molecular flexibility index (Phi) is 4.10. The minimum Gasteiger partial charge on any atom is -0.380 e. The van der Waals surface area contributed by atoms with Crippen molar-refractivity contribution in [2.75, 3.05) is 18.4 Å². The highest BCUT2D eigenvalue weighted by atomic mass is 79.9. The average Bonchev–Trinajstić information content (AvgIpc) is 2.73. The molecule has 94 valence electrons. The number of halogens is 1. The standard InChI is InChI=1S/C14H21BrN2/c1-10(2)17-8-7-12(9-17)16-13-6-4-5-11(3)14(13)15/h4-6,10,12,16H,7-9H2,1-3H3. The van der Waals surface area contributed by atoms with E-state index in [1.165, 1.54) is 28.7 Å². The summed E-state index contributed by atoms with van der Waals surface area (Å²) in [6.45, 7) is 9.02. The predicted molar refractivity (Wildman–Crippen MR) is 77.6 cm³/mol. The molecule has 1 atom stereocenters. The minimum atomic E-state index is 0.579. The van der Waals surface area contributed by atoms with E-state index in [4.69, 9.17) is 0 Å². The molecule has 0 radical (unpaired) electrons. The molecule has 1 unspecified atom stereocenters. The van der Waals surface area contributed by atoms with E-state index < -0.39 is 0 Å². The second-order valence-corrected chi connectivity index (χ2v) is 5.95. The van der Waals surface area contributed by atoms with Crippen LogP contribution in [0.5, 0.6) is 0 Å². The van der Waals surface area contributed by atoms with E-state index in [1.807, 2.05) is 0 Å². The highest BCUT2D eigenvalue weighted by Crippen LogP contribution is 2.27. The Bertz CT molecular complexity index is 390. The number of benzene rings is 1. The molecule has 2 rings (SSSR count). The van der Waals surface area contributed by atoms with E-state index in [2.05, 4.69) is 65.1 Å². The van der Waals surface area contributed by atoms with Gasteiger partial charge in [0.15, 0.2) is 0 Å². The van der Waals surface area contributed by atoms with Gasteiger partial charge in [-0.2, -0.15) is 0 Å². The van der Waals surface area contributed by atoms with Gasteiger partial charge < -0.3 is 5.32 Å². The fraction of sp³-hybridized carbons (Fsp3) is 0.571. The van der Waals surface area contributed by atoms with Crippen LogP contribution >= 0.6 is 15.9 Å². The van der Waals surface area contributed by atoms with Gasteiger partial charge >= 0.3 is 0 Å². The number of likely N-dealkylation sites (tertiary alicyclic amines) is 1. The molecule has 0 amide bonds. The van der Waals surface area contributed by atoms with Crippen molar-refractivity contribution in [3.63, 3.8) is 0 Å². The summed E-state index contributed by atoms with van der Waals surface area (Å²) in [7, 11) is 0. The molecule has 1 saturated heterocycles. The topological polar surface area (TPSA) is 15.3 Å². The number of nitrogens with zero attached hydrogens (tertiary/aromatic N) is 1. The van der Waals surface area contributed by atoms with Crippen LogP contribution in [0.3, 0.4) is 0 Å². The molecule has 1 aromatic rings. The van der Waals surface area contributed by atoms with Crippen molar-refractivity contribution in [1.29, 1.82) is 0 Å².